The van der Waals surface area contributed by atoms with Crippen LogP contribution in [0.25, 0.3) is 22.3 Å². The Balaban J connectivity index is 1.29. The molecule has 1 aliphatic rings. The van der Waals surface area contributed by atoms with Crippen molar-refractivity contribution in [2.75, 3.05) is 17.2 Å². The van der Waals surface area contributed by atoms with E-state index < -0.39 is 0 Å². The molecule has 0 bridgehead atoms. The van der Waals surface area contributed by atoms with Crippen molar-refractivity contribution in [3.63, 3.8) is 0 Å². The zero-order valence-corrected chi connectivity index (χ0v) is 20.9. The normalized spacial score (nSPS) is 18.0. The first-order valence-corrected chi connectivity index (χ1v) is 12.1. The Labute approximate surface area is 209 Å². The second-order valence-electron chi connectivity index (χ2n) is 9.55. The summed E-state index contributed by atoms with van der Waals surface area (Å²) in [4.78, 5) is 39.9. The zero-order chi connectivity index (χ0) is 25.4. The van der Waals surface area contributed by atoms with E-state index in [-0.39, 0.29) is 11.8 Å². The molecule has 10 nitrogen and oxygen atoms in total. The molecular weight excluding hydrogens is 456 g/mol. The second-order valence-corrected chi connectivity index (χ2v) is 9.55. The fourth-order valence-electron chi connectivity index (χ4n) is 4.70. The van der Waals surface area contributed by atoms with Gasteiger partial charge in [0.1, 0.15) is 5.65 Å². The molecule has 0 spiro atoms. The van der Waals surface area contributed by atoms with Gasteiger partial charge in [-0.25, -0.2) is 4.98 Å². The van der Waals surface area contributed by atoms with Crippen LogP contribution in [0.5, 0.6) is 0 Å². The third-order valence-corrected chi connectivity index (χ3v) is 6.83. The van der Waals surface area contributed by atoms with Gasteiger partial charge in [-0.15, -0.1) is 0 Å². The number of carbonyl (C=O) groups is 2. The van der Waals surface area contributed by atoms with Gasteiger partial charge in [-0.1, -0.05) is 0 Å². The van der Waals surface area contributed by atoms with Crippen LogP contribution in [0.3, 0.4) is 0 Å². The monoisotopic (exact) mass is 486 g/mol. The van der Waals surface area contributed by atoms with Crippen LogP contribution in [0.2, 0.25) is 0 Å². The summed E-state index contributed by atoms with van der Waals surface area (Å²) < 4.78 is 1.73. The number of rotatable bonds is 6. The fourth-order valence-corrected chi connectivity index (χ4v) is 4.70. The smallest absolute Gasteiger partial charge is 0.257 e. The minimum Gasteiger partial charge on any atom is -0.339 e. The van der Waals surface area contributed by atoms with Crippen LogP contribution >= 0.6 is 0 Å². The van der Waals surface area contributed by atoms with Gasteiger partial charge >= 0.3 is 0 Å². The molecule has 3 N–H and O–H groups in total. The predicted molar refractivity (Wildman–Crippen MR) is 139 cm³/mol. The predicted octanol–water partition coefficient (Wildman–Crippen LogP) is 3.73. The molecule has 4 aromatic rings. The van der Waals surface area contributed by atoms with Crippen molar-refractivity contribution in [1.29, 1.82) is 0 Å². The summed E-state index contributed by atoms with van der Waals surface area (Å²) in [6, 6.07) is 6.26. The summed E-state index contributed by atoms with van der Waals surface area (Å²) in [5, 5.41) is 10.8. The summed E-state index contributed by atoms with van der Waals surface area (Å²) in [6.07, 6.45) is 9.02. The lowest BCUT2D eigenvalue weighted by Crippen LogP contribution is -2.39. The molecule has 2 unspecified atom stereocenters. The van der Waals surface area contributed by atoms with Crippen LogP contribution in [0, 0.1) is 6.92 Å². The van der Waals surface area contributed by atoms with Gasteiger partial charge in [0.05, 0.1) is 47.3 Å². The summed E-state index contributed by atoms with van der Waals surface area (Å²) in [6.45, 7) is 6.44. The number of amides is 2. The first-order valence-electron chi connectivity index (χ1n) is 12.1. The highest BCUT2D eigenvalue weighted by Crippen LogP contribution is 2.25. The lowest BCUT2D eigenvalue weighted by Gasteiger charge is -2.25. The number of H-pyrrole nitrogens is 1. The molecule has 4 aromatic heterocycles. The number of carbonyl (C=O) groups excluding carboxylic acids is 2. The number of anilines is 2. The molecule has 0 aliphatic carbocycles. The molecule has 5 heterocycles. The van der Waals surface area contributed by atoms with Gasteiger partial charge in [0, 0.05) is 42.5 Å². The van der Waals surface area contributed by atoms with E-state index in [2.05, 4.69) is 49.4 Å². The molecule has 36 heavy (non-hydrogen) atoms. The first kappa shape index (κ1) is 23.7. The van der Waals surface area contributed by atoms with E-state index in [0.29, 0.717) is 46.9 Å². The number of pyridine rings is 2. The van der Waals surface area contributed by atoms with Gasteiger partial charge in [-0.3, -0.25) is 24.2 Å². The largest absolute Gasteiger partial charge is 0.339 e. The van der Waals surface area contributed by atoms with Crippen LogP contribution in [0.15, 0.2) is 43.0 Å². The van der Waals surface area contributed by atoms with Gasteiger partial charge in [-0.2, -0.15) is 5.10 Å². The van der Waals surface area contributed by atoms with Gasteiger partial charge in [0.25, 0.3) is 5.91 Å². The molecule has 0 saturated carbocycles. The maximum Gasteiger partial charge on any atom is 0.257 e. The van der Waals surface area contributed by atoms with Gasteiger partial charge in [0.15, 0.2) is 0 Å². The Morgan fingerprint density at radius 1 is 1.06 bits per heavy atom. The van der Waals surface area contributed by atoms with Crippen LogP contribution < -0.4 is 10.6 Å². The van der Waals surface area contributed by atoms with Crippen molar-refractivity contribution in [2.45, 2.75) is 45.7 Å². The van der Waals surface area contributed by atoms with E-state index in [9.17, 15) is 9.59 Å². The number of aromatic amines is 1. The number of aryl methyl sites for hydroxylation is 2. The molecule has 2 atom stereocenters. The van der Waals surface area contributed by atoms with Crippen LogP contribution in [0.1, 0.15) is 42.7 Å². The number of fused-ring (bicyclic) bond motifs is 1. The SMILES string of the molecule is Cc1ncc(NC(=O)CN2C(C)CCC2C)cc1NC(=O)c1cnc2[nH]c(-c3cnn(C)c3)cc2c1. The quantitative estimate of drug-likeness (QED) is 0.382. The number of hydrogen-bond donors (Lipinski definition) is 3. The van der Waals surface area contributed by atoms with E-state index in [1.807, 2.05) is 26.2 Å². The molecule has 5 rings (SSSR count). The van der Waals surface area contributed by atoms with Crippen LogP contribution in [-0.4, -0.2) is 60.1 Å². The third kappa shape index (κ3) is 4.85. The number of hydrogen-bond acceptors (Lipinski definition) is 6. The van der Waals surface area contributed by atoms with E-state index in [1.165, 1.54) is 6.20 Å². The van der Waals surface area contributed by atoms with Crippen molar-refractivity contribution < 1.29 is 9.59 Å². The highest BCUT2D eigenvalue weighted by atomic mass is 16.2. The Bertz CT molecular complexity index is 1430. The van der Waals surface area contributed by atoms with Crippen molar-refractivity contribution >= 4 is 34.2 Å². The van der Waals surface area contributed by atoms with Crippen molar-refractivity contribution in [3.8, 4) is 11.3 Å². The molecule has 1 saturated heterocycles. The molecule has 0 radical (unpaired) electrons. The lowest BCUT2D eigenvalue weighted by molar-refractivity contribution is -0.117. The van der Waals surface area contributed by atoms with E-state index in [0.717, 1.165) is 29.5 Å². The third-order valence-electron chi connectivity index (χ3n) is 6.83. The minimum atomic E-state index is -0.304. The van der Waals surface area contributed by atoms with Crippen molar-refractivity contribution in [3.05, 3.63) is 54.2 Å². The molecule has 186 valence electrons. The fraction of sp³-hybridized carbons (Fsp3) is 0.346. The maximum absolute atomic E-state index is 13.0. The first-order chi connectivity index (χ1) is 17.3. The average Bonchev–Trinajstić information content (AvgIpc) is 3.55. The molecule has 10 heteroatoms. The lowest BCUT2D eigenvalue weighted by atomic mass is 10.2. The summed E-state index contributed by atoms with van der Waals surface area (Å²) in [5.74, 6) is -0.397. The van der Waals surface area contributed by atoms with E-state index in [1.54, 1.807) is 29.2 Å². The zero-order valence-electron chi connectivity index (χ0n) is 20.9. The number of nitrogens with one attached hydrogen (secondary N) is 3. The van der Waals surface area contributed by atoms with Crippen LogP contribution in [-0.2, 0) is 11.8 Å². The summed E-state index contributed by atoms with van der Waals surface area (Å²) >= 11 is 0. The number of likely N-dealkylation sites (tertiary alicyclic amines) is 1. The number of aromatic nitrogens is 5. The molecule has 0 aromatic carbocycles. The average molecular weight is 487 g/mol. The van der Waals surface area contributed by atoms with Gasteiger partial charge < -0.3 is 15.6 Å². The van der Waals surface area contributed by atoms with Gasteiger partial charge in [0.2, 0.25) is 5.91 Å². The van der Waals surface area contributed by atoms with E-state index in [4.69, 9.17) is 0 Å². The maximum atomic E-state index is 13.0. The van der Waals surface area contributed by atoms with Crippen molar-refractivity contribution in [2.24, 2.45) is 7.05 Å². The van der Waals surface area contributed by atoms with Crippen molar-refractivity contribution in [1.82, 2.24) is 29.6 Å². The molecule has 1 aliphatic heterocycles. The topological polar surface area (TPSA) is 121 Å². The Hall–Kier alpha value is -4.05. The summed E-state index contributed by atoms with van der Waals surface area (Å²) in [5.41, 5.74) is 4.66. The minimum absolute atomic E-state index is 0.0925. The highest BCUT2D eigenvalue weighted by Gasteiger charge is 2.28. The highest BCUT2D eigenvalue weighted by molar-refractivity contribution is 6.06. The molecule has 2 amide bonds. The Morgan fingerprint density at radius 2 is 1.83 bits per heavy atom. The molecular formula is C26H30N8O2. The number of nitrogens with zero attached hydrogens (tertiary/aromatic N) is 5. The Kier molecular flexibility index (Phi) is 6.27. The second kappa shape index (κ2) is 9.54. The summed E-state index contributed by atoms with van der Waals surface area (Å²) in [7, 11) is 1.86. The van der Waals surface area contributed by atoms with Gasteiger partial charge in [-0.05, 0) is 51.8 Å². The van der Waals surface area contributed by atoms with Crippen LogP contribution in [0.4, 0.5) is 11.4 Å². The van der Waals surface area contributed by atoms with E-state index >= 15 is 0 Å². The Morgan fingerprint density at radius 3 is 2.56 bits per heavy atom. The standard InChI is InChI=1S/C26H30N8O2/c1-15-5-6-16(2)34(15)14-24(35)30-21-9-22(17(3)27-12-21)32-26(36)19-7-18-8-23(31-25(18)28-10-19)20-11-29-33(4)13-20/h7-13,15-16H,5-6,14H2,1-4H3,(H,28,31)(H,30,35)(H,32,36). The molecule has 1 fully saturated rings.